The van der Waals surface area contributed by atoms with Crippen molar-refractivity contribution in [3.05, 3.63) is 88.8 Å². The smallest absolute Gasteiger partial charge is 0 e. The first-order chi connectivity index (χ1) is 23.0. The fourth-order valence-corrected chi connectivity index (χ4v) is 9.44. The van der Waals surface area contributed by atoms with Crippen molar-refractivity contribution in [2.24, 2.45) is 17.3 Å². The summed E-state index contributed by atoms with van der Waals surface area (Å²) in [6, 6.07) is 16.5. The van der Waals surface area contributed by atoms with Crippen molar-refractivity contribution >= 4 is 50.4 Å². The Bertz CT molecular complexity index is 1960. The minimum Gasteiger partial charge on any atom is 0 e. The van der Waals surface area contributed by atoms with Gasteiger partial charge in [-0.1, -0.05) is 27.7 Å². The van der Waals surface area contributed by atoms with Crippen LogP contribution in [0.4, 0.5) is 13.2 Å². The number of aliphatic hydroxyl groups is 1. The van der Waals surface area contributed by atoms with Crippen molar-refractivity contribution < 1.29 is 43.2 Å². The maximum Gasteiger partial charge on any atom is 0 e. The summed E-state index contributed by atoms with van der Waals surface area (Å²) >= 11 is -0.301. The summed E-state index contributed by atoms with van der Waals surface area (Å²) in [5, 5.41) is 12.3. The molecule has 0 aliphatic carbocycles. The van der Waals surface area contributed by atoms with E-state index in [1.165, 1.54) is 12.1 Å². The maximum absolute atomic E-state index is 14.4. The molecule has 0 saturated heterocycles. The van der Waals surface area contributed by atoms with Crippen molar-refractivity contribution in [1.82, 2.24) is 4.98 Å². The van der Waals surface area contributed by atoms with Gasteiger partial charge in [-0.15, -0.1) is 0 Å². The van der Waals surface area contributed by atoms with Gasteiger partial charge in [0.25, 0.3) is 0 Å². The van der Waals surface area contributed by atoms with E-state index in [1.807, 2.05) is 65.8 Å². The van der Waals surface area contributed by atoms with Crippen LogP contribution in [0.15, 0.2) is 60.5 Å². The van der Waals surface area contributed by atoms with E-state index < -0.39 is 11.7 Å². The maximum atomic E-state index is 14.4. The second kappa shape index (κ2) is 17.2. The summed E-state index contributed by atoms with van der Waals surface area (Å²) in [4.78, 5) is 16.3. The number of alkyl halides is 3. The van der Waals surface area contributed by atoms with Crippen molar-refractivity contribution in [3.63, 3.8) is 0 Å². The van der Waals surface area contributed by atoms with Gasteiger partial charge in [-0.3, -0.25) is 4.79 Å². The molecule has 5 aromatic rings. The van der Waals surface area contributed by atoms with Crippen molar-refractivity contribution in [2.45, 2.75) is 101 Å². The van der Waals surface area contributed by atoms with E-state index >= 15 is 0 Å². The van der Waals surface area contributed by atoms with Crippen LogP contribution in [0.5, 0.6) is 0 Å². The van der Waals surface area contributed by atoms with Crippen molar-refractivity contribution in [3.8, 4) is 11.3 Å². The number of aromatic nitrogens is 1. The summed E-state index contributed by atoms with van der Waals surface area (Å²) in [7, 11) is 0. The molecular formula is C42H49F3IrNO2Se-. The number of nitrogens with zero attached hydrogens (tertiary/aromatic N) is 1. The molecule has 0 aliphatic rings. The summed E-state index contributed by atoms with van der Waals surface area (Å²) in [5.74, 6) is 0.547. The van der Waals surface area contributed by atoms with Crippen LogP contribution < -0.4 is 0 Å². The topological polar surface area (TPSA) is 50.2 Å². The van der Waals surface area contributed by atoms with Crippen LogP contribution in [0.3, 0.4) is 0 Å². The molecule has 0 saturated carbocycles. The summed E-state index contributed by atoms with van der Waals surface area (Å²) in [6.45, 7) is 18.5. The summed E-state index contributed by atoms with van der Waals surface area (Å²) < 4.78 is 44.8. The number of carbonyl (C=O) groups excluding carboxylic acids is 1. The summed E-state index contributed by atoms with van der Waals surface area (Å²) in [5.41, 5.74) is 4.22. The van der Waals surface area contributed by atoms with Crippen LogP contribution in [0.25, 0.3) is 41.3 Å². The van der Waals surface area contributed by atoms with Gasteiger partial charge in [0.2, 0.25) is 0 Å². The van der Waals surface area contributed by atoms with Crippen LogP contribution in [-0.2, 0) is 37.5 Å². The zero-order valence-corrected chi connectivity index (χ0v) is 34.7. The molecule has 1 N–H and O–H groups in total. The number of aryl methyl sites for hydroxylation is 2. The Morgan fingerprint density at radius 1 is 0.900 bits per heavy atom. The first-order valence-corrected chi connectivity index (χ1v) is 19.0. The average molecular weight is 928 g/mol. The van der Waals surface area contributed by atoms with Gasteiger partial charge in [0, 0.05) is 38.0 Å². The molecule has 0 atom stereocenters. The number of fused-ring (bicyclic) bond motifs is 5. The Balaban J connectivity index is 0.000000361. The standard InChI is InChI=1S/C29H25F3NSe.C13H24O2.Ir/c1-16-10-17(2)12-20(11-16)25-27-22(8-9-33-25)24-23(29(30,31)32)14-19-13-18(15-28(3,4)5)6-7-21(19)26(24)34-27;1-5-10(6-2)12(14)9-13(15)11(7-3)8-4;/h6-11,13-14H,15H2,1-5H3;9-11,14H,5-8H2,1-4H3;/q-1;;/b;12-9-;. The Hall–Kier alpha value is -2.76. The number of rotatable bonds is 9. The molecule has 271 valence electrons. The number of pyridine rings is 1. The van der Waals surface area contributed by atoms with E-state index in [1.54, 1.807) is 12.3 Å². The molecule has 50 heavy (non-hydrogen) atoms. The molecule has 2 heterocycles. The van der Waals surface area contributed by atoms with E-state index in [0.717, 1.165) is 74.0 Å². The Morgan fingerprint density at radius 3 is 2.10 bits per heavy atom. The van der Waals surface area contributed by atoms with Crippen molar-refractivity contribution in [2.75, 3.05) is 0 Å². The van der Waals surface area contributed by atoms with Gasteiger partial charge in [0.15, 0.2) is 5.78 Å². The van der Waals surface area contributed by atoms with Gasteiger partial charge in [-0.2, -0.15) is 0 Å². The molecule has 1 radical (unpaired) electrons. The molecule has 3 nitrogen and oxygen atoms in total. The first kappa shape index (κ1) is 41.7. The Kier molecular flexibility index (Phi) is 14.3. The Morgan fingerprint density at radius 2 is 1.54 bits per heavy atom. The van der Waals surface area contributed by atoms with Gasteiger partial charge in [0.05, 0.1) is 5.76 Å². The number of benzene rings is 3. The molecule has 3 aromatic carbocycles. The van der Waals surface area contributed by atoms with Crippen LogP contribution in [0.2, 0.25) is 0 Å². The van der Waals surface area contributed by atoms with E-state index in [4.69, 9.17) is 0 Å². The predicted molar refractivity (Wildman–Crippen MR) is 199 cm³/mol. The average Bonchev–Trinajstić information content (AvgIpc) is 3.40. The minimum absolute atomic E-state index is 0. The van der Waals surface area contributed by atoms with E-state index in [-0.39, 0.29) is 63.4 Å². The minimum atomic E-state index is -4.44. The molecule has 2 aromatic heterocycles. The third kappa shape index (κ3) is 9.76. The summed E-state index contributed by atoms with van der Waals surface area (Å²) in [6.07, 6.45) is 2.90. The van der Waals surface area contributed by atoms with Crippen LogP contribution in [-0.4, -0.2) is 30.4 Å². The molecule has 5 rings (SSSR count). The molecule has 0 unspecified atom stereocenters. The first-order valence-electron chi connectivity index (χ1n) is 17.3. The zero-order chi connectivity index (χ0) is 36.3. The number of halogens is 3. The van der Waals surface area contributed by atoms with Gasteiger partial charge in [0.1, 0.15) is 0 Å². The number of hydrogen-bond acceptors (Lipinski definition) is 3. The Labute approximate surface area is 314 Å². The van der Waals surface area contributed by atoms with E-state index in [9.17, 15) is 23.1 Å². The SMILES string of the molecule is CCC(CC)C(=O)/C=C(\O)C(CC)CC.Cc1[c-]c(-c2nccc3c2[se]c2c4ccc(CC(C)(C)C)cc4cc(C(F)(F)F)c32)cc(C)c1.[Ir]. The van der Waals surface area contributed by atoms with Gasteiger partial charge >= 0.3 is 204 Å². The molecule has 0 bridgehead atoms. The predicted octanol–water partition coefficient (Wildman–Crippen LogP) is 12.2. The number of hydrogen-bond donors (Lipinski definition) is 1. The fraction of sp³-hybridized carbons (Fsp3) is 0.429. The molecule has 0 fully saturated rings. The van der Waals surface area contributed by atoms with Crippen molar-refractivity contribution in [1.29, 1.82) is 0 Å². The van der Waals surface area contributed by atoms with Gasteiger partial charge in [-0.05, 0) is 25.7 Å². The molecule has 0 amide bonds. The number of aliphatic hydroxyl groups excluding tert-OH is 1. The second-order valence-corrected chi connectivity index (χ2v) is 16.5. The monoisotopic (exact) mass is 929 g/mol. The van der Waals surface area contributed by atoms with Gasteiger partial charge < -0.3 is 5.11 Å². The molecule has 8 heteroatoms. The number of carbonyl (C=O) groups is 1. The molecular weight excluding hydrogens is 879 g/mol. The normalized spacial score (nSPS) is 12.5. The van der Waals surface area contributed by atoms with Gasteiger partial charge in [-0.25, -0.2) is 0 Å². The number of ketones is 1. The zero-order valence-electron chi connectivity index (χ0n) is 30.6. The molecule has 0 aliphatic heterocycles. The quantitative estimate of drug-likeness (QED) is 0.0693. The van der Waals surface area contributed by atoms with Crippen LogP contribution >= 0.6 is 0 Å². The largest absolute Gasteiger partial charge is 0 e. The second-order valence-electron chi connectivity index (χ2n) is 14.3. The fourth-order valence-electron chi connectivity index (χ4n) is 6.59. The molecule has 0 spiro atoms. The number of allylic oxidation sites excluding steroid dienone is 2. The third-order valence-corrected chi connectivity index (χ3v) is 11.7. The van der Waals surface area contributed by atoms with Crippen LogP contribution in [0, 0.1) is 37.2 Å². The van der Waals surface area contributed by atoms with Crippen LogP contribution in [0.1, 0.15) is 96.4 Å². The van der Waals surface area contributed by atoms with E-state index in [0.29, 0.717) is 16.2 Å². The third-order valence-electron chi connectivity index (χ3n) is 9.06. The van der Waals surface area contributed by atoms with E-state index in [2.05, 4.69) is 37.9 Å².